The lowest BCUT2D eigenvalue weighted by atomic mass is 10.3. The van der Waals surface area contributed by atoms with Crippen LogP contribution in [0.2, 0.25) is 0 Å². The molecule has 0 aliphatic heterocycles. The standard InChI is InChI=1S/C6H4FN2.FH/c7-5-1-3-6(9-8)4-2-5;/h1-4H;1H/q+1;/p-1. The summed E-state index contributed by atoms with van der Waals surface area (Å²) >= 11 is 0. The molecule has 0 atom stereocenters. The normalized spacial score (nSPS) is 7.60. The molecular formula is C6H4F2N2. The molecule has 0 saturated heterocycles. The smallest absolute Gasteiger partial charge is 0.385 e. The largest absolute Gasteiger partial charge is 1.00 e. The number of benzene rings is 1. The highest BCUT2D eigenvalue weighted by Gasteiger charge is 2.00. The van der Waals surface area contributed by atoms with Crippen LogP contribution in [-0.2, 0) is 0 Å². The van der Waals surface area contributed by atoms with Crippen molar-refractivity contribution < 1.29 is 9.09 Å². The summed E-state index contributed by atoms with van der Waals surface area (Å²) in [5.41, 5.74) is 0.358. The maximum atomic E-state index is 12.1. The molecule has 0 radical (unpaired) electrons. The highest BCUT2D eigenvalue weighted by molar-refractivity contribution is 5.42. The van der Waals surface area contributed by atoms with Gasteiger partial charge in [0.15, 0.2) is 4.98 Å². The zero-order valence-corrected chi connectivity index (χ0v) is 4.96. The number of rotatable bonds is 0. The van der Waals surface area contributed by atoms with Gasteiger partial charge in [-0.15, -0.1) is 0 Å². The van der Waals surface area contributed by atoms with Gasteiger partial charge in [0.25, 0.3) is 0 Å². The van der Waals surface area contributed by atoms with Crippen LogP contribution >= 0.6 is 0 Å². The average Bonchev–Trinajstić information content (AvgIpc) is 1.90. The van der Waals surface area contributed by atoms with Crippen molar-refractivity contribution in [3.05, 3.63) is 35.1 Å². The molecule has 0 amide bonds. The number of hydrogen-bond acceptors (Lipinski definition) is 1. The predicted molar refractivity (Wildman–Crippen MR) is 31.1 cm³/mol. The van der Waals surface area contributed by atoms with E-state index in [4.69, 9.17) is 5.39 Å². The highest BCUT2D eigenvalue weighted by atomic mass is 19.1. The van der Waals surface area contributed by atoms with Crippen molar-refractivity contribution in [1.29, 1.82) is 5.39 Å². The maximum Gasteiger partial charge on any atom is 0.385 e. The Bertz CT molecular complexity index is 237. The molecule has 1 aromatic carbocycles. The van der Waals surface area contributed by atoms with Gasteiger partial charge in [-0.25, -0.2) is 4.39 Å². The van der Waals surface area contributed by atoms with Gasteiger partial charge in [0.2, 0.25) is 5.39 Å². The van der Waals surface area contributed by atoms with Gasteiger partial charge >= 0.3 is 5.69 Å². The molecule has 1 aromatic rings. The van der Waals surface area contributed by atoms with Crippen molar-refractivity contribution in [3.63, 3.8) is 0 Å². The van der Waals surface area contributed by atoms with Gasteiger partial charge in [-0.3, -0.25) is 0 Å². The van der Waals surface area contributed by atoms with Crippen molar-refractivity contribution in [2.75, 3.05) is 0 Å². The monoisotopic (exact) mass is 142 g/mol. The Morgan fingerprint density at radius 2 is 1.70 bits per heavy atom. The first-order valence-corrected chi connectivity index (χ1v) is 2.43. The van der Waals surface area contributed by atoms with Gasteiger partial charge in [0, 0.05) is 12.1 Å². The first kappa shape index (κ1) is 8.50. The van der Waals surface area contributed by atoms with Crippen LogP contribution in [0.15, 0.2) is 24.3 Å². The van der Waals surface area contributed by atoms with E-state index in [1.54, 1.807) is 0 Å². The van der Waals surface area contributed by atoms with Gasteiger partial charge in [0.05, 0.1) is 0 Å². The Morgan fingerprint density at radius 3 is 2.10 bits per heavy atom. The summed E-state index contributed by atoms with van der Waals surface area (Å²) in [5.74, 6) is -0.331. The molecule has 0 aliphatic carbocycles. The van der Waals surface area contributed by atoms with Crippen LogP contribution in [0.5, 0.6) is 0 Å². The zero-order valence-electron chi connectivity index (χ0n) is 4.96. The van der Waals surface area contributed by atoms with Gasteiger partial charge in [0.1, 0.15) is 5.82 Å². The molecule has 0 unspecified atom stereocenters. The Labute approximate surface area is 56.3 Å². The van der Waals surface area contributed by atoms with E-state index < -0.39 is 0 Å². The van der Waals surface area contributed by atoms with Gasteiger partial charge in [-0.2, -0.15) is 0 Å². The molecule has 0 heterocycles. The summed E-state index contributed by atoms with van der Waals surface area (Å²) < 4.78 is 12.1. The molecule has 2 nitrogen and oxygen atoms in total. The van der Waals surface area contributed by atoms with E-state index in [2.05, 4.69) is 4.98 Å². The van der Waals surface area contributed by atoms with Crippen LogP contribution in [0.1, 0.15) is 0 Å². The lowest BCUT2D eigenvalue weighted by Gasteiger charge is -1.77. The van der Waals surface area contributed by atoms with E-state index in [-0.39, 0.29) is 10.5 Å². The third-order valence-electron chi connectivity index (χ3n) is 0.942. The van der Waals surface area contributed by atoms with Crippen LogP contribution in [-0.4, -0.2) is 0 Å². The average molecular weight is 142 g/mol. The molecule has 52 valence electrons. The molecule has 0 aromatic heterocycles. The Hall–Kier alpha value is -1.50. The molecule has 0 N–H and O–H groups in total. The molecule has 1 rings (SSSR count). The molecule has 0 bridgehead atoms. The third kappa shape index (κ3) is 1.78. The molecule has 0 spiro atoms. The molecule has 0 aliphatic rings. The summed E-state index contributed by atoms with van der Waals surface area (Å²) in [7, 11) is 0. The lowest BCUT2D eigenvalue weighted by Crippen LogP contribution is -3.00. The van der Waals surface area contributed by atoms with E-state index in [0.717, 1.165) is 0 Å². The van der Waals surface area contributed by atoms with Crippen LogP contribution in [0.25, 0.3) is 4.98 Å². The van der Waals surface area contributed by atoms with E-state index in [1.165, 1.54) is 24.3 Å². The van der Waals surface area contributed by atoms with Gasteiger partial charge in [-0.1, -0.05) is 0 Å². The van der Waals surface area contributed by atoms with E-state index in [0.29, 0.717) is 5.69 Å². The second kappa shape index (κ2) is 3.51. The quantitative estimate of drug-likeness (QED) is 0.441. The minimum atomic E-state index is -0.331. The summed E-state index contributed by atoms with van der Waals surface area (Å²) in [6.45, 7) is 0. The van der Waals surface area contributed by atoms with Crippen molar-refractivity contribution in [2.45, 2.75) is 0 Å². The summed E-state index contributed by atoms with van der Waals surface area (Å²) in [5, 5.41) is 8.13. The number of diazo groups is 1. The van der Waals surface area contributed by atoms with Crippen LogP contribution in [0, 0.1) is 11.2 Å². The van der Waals surface area contributed by atoms with Gasteiger partial charge in [-0.05, 0) is 12.1 Å². The number of nitrogens with zero attached hydrogens (tertiary/aromatic N) is 2. The van der Waals surface area contributed by atoms with Crippen molar-refractivity contribution in [1.82, 2.24) is 0 Å². The zero-order chi connectivity index (χ0) is 6.69. The fraction of sp³-hybridized carbons (Fsp3) is 0. The molecule has 10 heavy (non-hydrogen) atoms. The predicted octanol–water partition coefficient (Wildman–Crippen LogP) is -0.686. The topological polar surface area (TPSA) is 28.1 Å². The number of halogens is 2. The highest BCUT2D eigenvalue weighted by Crippen LogP contribution is 2.10. The Kier molecular flexibility index (Phi) is 2.98. The first-order valence-electron chi connectivity index (χ1n) is 2.43. The molecule has 0 fully saturated rings. The fourth-order valence-electron chi connectivity index (χ4n) is 0.508. The Balaban J connectivity index is 0.000000810. The summed E-state index contributed by atoms with van der Waals surface area (Å²) in [6, 6.07) is 5.23. The second-order valence-electron chi connectivity index (χ2n) is 1.58. The van der Waals surface area contributed by atoms with E-state index >= 15 is 0 Å². The minimum Gasteiger partial charge on any atom is -1.00 e. The van der Waals surface area contributed by atoms with E-state index in [9.17, 15) is 4.39 Å². The van der Waals surface area contributed by atoms with Crippen molar-refractivity contribution >= 4 is 5.69 Å². The SMILES string of the molecule is N#[N+]c1ccc(F)cc1.[F-]. The fourth-order valence-corrected chi connectivity index (χ4v) is 0.508. The second-order valence-corrected chi connectivity index (χ2v) is 1.58. The third-order valence-corrected chi connectivity index (χ3v) is 0.942. The van der Waals surface area contributed by atoms with Crippen molar-refractivity contribution in [3.8, 4) is 0 Å². The molecular weight excluding hydrogens is 138 g/mol. The Morgan fingerprint density at radius 1 is 1.20 bits per heavy atom. The molecule has 0 saturated carbocycles. The maximum absolute atomic E-state index is 12.1. The van der Waals surface area contributed by atoms with Crippen LogP contribution in [0.4, 0.5) is 10.1 Å². The van der Waals surface area contributed by atoms with E-state index in [1.807, 2.05) is 0 Å². The van der Waals surface area contributed by atoms with Crippen LogP contribution in [0.3, 0.4) is 0 Å². The number of hydrogen-bond donors (Lipinski definition) is 0. The molecule has 4 heteroatoms. The summed E-state index contributed by atoms with van der Waals surface area (Å²) in [4.78, 5) is 2.84. The minimum absolute atomic E-state index is 0. The van der Waals surface area contributed by atoms with Gasteiger partial charge < -0.3 is 4.70 Å². The van der Waals surface area contributed by atoms with Crippen molar-refractivity contribution in [2.24, 2.45) is 0 Å². The lowest BCUT2D eigenvalue weighted by molar-refractivity contribution is -0.00000267. The first-order chi connectivity index (χ1) is 4.33. The summed E-state index contributed by atoms with van der Waals surface area (Å²) in [6.07, 6.45) is 0. The van der Waals surface area contributed by atoms with Crippen LogP contribution < -0.4 is 4.70 Å².